The van der Waals surface area contributed by atoms with Crippen molar-refractivity contribution in [2.75, 3.05) is 13.1 Å². The molecule has 0 spiro atoms. The van der Waals surface area contributed by atoms with Crippen LogP contribution in [0.25, 0.3) is 0 Å². The van der Waals surface area contributed by atoms with E-state index in [1.807, 2.05) is 0 Å². The average Bonchev–Trinajstić information content (AvgIpc) is 3.02. The molecular weight excluding hydrogens is 234 g/mol. The van der Waals surface area contributed by atoms with Crippen LogP contribution in [-0.2, 0) is 0 Å². The lowest BCUT2D eigenvalue weighted by atomic mass is 9.77. The van der Waals surface area contributed by atoms with Crippen LogP contribution in [0.3, 0.4) is 0 Å². The first-order valence-electron chi connectivity index (χ1n) is 8.61. The third-order valence-electron chi connectivity index (χ3n) is 6.36. The van der Waals surface area contributed by atoms with Crippen LogP contribution in [0.1, 0.15) is 64.7 Å². The number of aliphatic hydroxyl groups is 1. The number of fused-ring (bicyclic) bond motifs is 2. The Balaban J connectivity index is 1.38. The van der Waals surface area contributed by atoms with Crippen LogP contribution in [0.4, 0.5) is 0 Å². The van der Waals surface area contributed by atoms with Crippen LogP contribution in [0.5, 0.6) is 0 Å². The van der Waals surface area contributed by atoms with Crippen LogP contribution in [0.15, 0.2) is 0 Å². The Kier molecular flexibility index (Phi) is 4.19. The van der Waals surface area contributed by atoms with Crippen LogP contribution in [0.2, 0.25) is 0 Å². The van der Waals surface area contributed by atoms with Gasteiger partial charge in [0, 0.05) is 6.54 Å². The number of rotatable bonds is 5. The van der Waals surface area contributed by atoms with Gasteiger partial charge in [-0.2, -0.15) is 0 Å². The predicted molar refractivity (Wildman–Crippen MR) is 79.0 cm³/mol. The van der Waals surface area contributed by atoms with Gasteiger partial charge in [-0.15, -0.1) is 0 Å². The van der Waals surface area contributed by atoms with Gasteiger partial charge in [0.05, 0.1) is 5.60 Å². The highest BCUT2D eigenvalue weighted by Gasteiger charge is 2.39. The molecule has 0 aromatic heterocycles. The molecule has 3 unspecified atom stereocenters. The molecule has 3 saturated carbocycles. The summed E-state index contributed by atoms with van der Waals surface area (Å²) in [7, 11) is 0. The van der Waals surface area contributed by atoms with Gasteiger partial charge in [0.25, 0.3) is 0 Å². The van der Waals surface area contributed by atoms with Gasteiger partial charge in [-0.3, -0.25) is 0 Å². The van der Waals surface area contributed by atoms with E-state index in [4.69, 9.17) is 0 Å². The quantitative estimate of drug-likeness (QED) is 0.799. The van der Waals surface area contributed by atoms with Crippen molar-refractivity contribution >= 4 is 0 Å². The zero-order valence-corrected chi connectivity index (χ0v) is 12.5. The lowest BCUT2D eigenvalue weighted by Crippen LogP contribution is -2.45. The van der Waals surface area contributed by atoms with Crippen LogP contribution >= 0.6 is 0 Å². The van der Waals surface area contributed by atoms with E-state index < -0.39 is 5.60 Å². The summed E-state index contributed by atoms with van der Waals surface area (Å²) in [6.07, 6.45) is 11.7. The molecular formula is C17H31NO. The summed E-state index contributed by atoms with van der Waals surface area (Å²) in [5, 5.41) is 14.2. The van der Waals surface area contributed by atoms with Crippen molar-refractivity contribution in [1.82, 2.24) is 5.32 Å². The van der Waals surface area contributed by atoms with Gasteiger partial charge in [-0.05, 0) is 75.2 Å². The zero-order valence-electron chi connectivity index (χ0n) is 12.5. The minimum absolute atomic E-state index is 0.400. The molecule has 0 saturated heterocycles. The lowest BCUT2D eigenvalue weighted by molar-refractivity contribution is -0.00948. The van der Waals surface area contributed by atoms with Gasteiger partial charge >= 0.3 is 0 Å². The van der Waals surface area contributed by atoms with Crippen molar-refractivity contribution in [3.63, 3.8) is 0 Å². The minimum Gasteiger partial charge on any atom is -0.389 e. The maximum Gasteiger partial charge on any atom is 0.0771 e. The van der Waals surface area contributed by atoms with Crippen molar-refractivity contribution in [2.45, 2.75) is 70.3 Å². The van der Waals surface area contributed by atoms with Crippen LogP contribution < -0.4 is 5.32 Å². The van der Waals surface area contributed by atoms with Gasteiger partial charge in [-0.1, -0.05) is 19.8 Å². The Labute approximate surface area is 118 Å². The first kappa shape index (κ1) is 13.9. The summed E-state index contributed by atoms with van der Waals surface area (Å²) >= 11 is 0. The molecule has 3 fully saturated rings. The summed E-state index contributed by atoms with van der Waals surface area (Å²) < 4.78 is 0. The van der Waals surface area contributed by atoms with Crippen molar-refractivity contribution in [2.24, 2.45) is 23.7 Å². The van der Waals surface area contributed by atoms with E-state index in [-0.39, 0.29) is 0 Å². The average molecular weight is 265 g/mol. The Bertz CT molecular complexity index is 296. The fraction of sp³-hybridized carbons (Fsp3) is 1.00. The van der Waals surface area contributed by atoms with E-state index in [0.29, 0.717) is 0 Å². The van der Waals surface area contributed by atoms with Crippen molar-refractivity contribution in [1.29, 1.82) is 0 Å². The summed E-state index contributed by atoms with van der Waals surface area (Å²) in [5.41, 5.74) is -0.400. The molecule has 3 atom stereocenters. The Morgan fingerprint density at radius 2 is 1.89 bits per heavy atom. The van der Waals surface area contributed by atoms with Crippen molar-refractivity contribution < 1.29 is 5.11 Å². The molecule has 0 radical (unpaired) electrons. The second kappa shape index (κ2) is 5.73. The molecule has 3 aliphatic rings. The zero-order chi connectivity index (χ0) is 13.3. The molecule has 3 rings (SSSR count). The van der Waals surface area contributed by atoms with Gasteiger partial charge in [-0.25, -0.2) is 0 Å². The van der Waals surface area contributed by atoms with Gasteiger partial charge in [0.2, 0.25) is 0 Å². The third-order valence-corrected chi connectivity index (χ3v) is 6.36. The highest BCUT2D eigenvalue weighted by molar-refractivity contribution is 4.92. The maximum atomic E-state index is 10.6. The predicted octanol–water partition coefficient (Wildman–Crippen LogP) is 3.34. The molecule has 0 heterocycles. The summed E-state index contributed by atoms with van der Waals surface area (Å²) in [5.74, 6) is 3.82. The van der Waals surface area contributed by atoms with Crippen molar-refractivity contribution in [3.05, 3.63) is 0 Å². The number of hydrogen-bond acceptors (Lipinski definition) is 2. The second-order valence-corrected chi connectivity index (χ2v) is 7.64. The third kappa shape index (κ3) is 3.16. The molecule has 19 heavy (non-hydrogen) atoms. The molecule has 0 amide bonds. The SMILES string of the molecule is CCC1CCC(O)(CNCC2CC3CCC2C3)CC1. The van der Waals surface area contributed by atoms with Gasteiger partial charge in [0.15, 0.2) is 0 Å². The highest BCUT2D eigenvalue weighted by atomic mass is 16.3. The molecule has 2 bridgehead atoms. The maximum absolute atomic E-state index is 10.6. The van der Waals surface area contributed by atoms with Gasteiger partial charge in [0.1, 0.15) is 0 Å². The molecule has 3 aliphatic carbocycles. The van der Waals surface area contributed by atoms with E-state index in [1.165, 1.54) is 44.9 Å². The van der Waals surface area contributed by atoms with Crippen LogP contribution in [0, 0.1) is 23.7 Å². The van der Waals surface area contributed by atoms with Gasteiger partial charge < -0.3 is 10.4 Å². The summed E-state index contributed by atoms with van der Waals surface area (Å²) in [6, 6.07) is 0. The number of nitrogens with one attached hydrogen (secondary N) is 1. The first-order chi connectivity index (χ1) is 9.18. The molecule has 0 aromatic carbocycles. The fourth-order valence-corrected chi connectivity index (χ4v) is 4.92. The minimum atomic E-state index is -0.400. The van der Waals surface area contributed by atoms with E-state index >= 15 is 0 Å². The lowest BCUT2D eigenvalue weighted by Gasteiger charge is -2.36. The molecule has 110 valence electrons. The molecule has 0 aliphatic heterocycles. The standard InChI is InChI=1S/C17H31NO/c1-2-13-5-7-17(19,8-6-13)12-18-11-16-10-14-3-4-15(16)9-14/h13-16,18-19H,2-12H2,1H3. The molecule has 2 N–H and O–H groups in total. The number of hydrogen-bond donors (Lipinski definition) is 2. The Hall–Kier alpha value is -0.0800. The normalized spacial score (nSPS) is 45.8. The summed E-state index contributed by atoms with van der Waals surface area (Å²) in [6.45, 7) is 4.26. The highest BCUT2D eigenvalue weighted by Crippen LogP contribution is 2.48. The largest absolute Gasteiger partial charge is 0.389 e. The first-order valence-corrected chi connectivity index (χ1v) is 8.61. The smallest absolute Gasteiger partial charge is 0.0771 e. The van der Waals surface area contributed by atoms with Crippen LogP contribution in [-0.4, -0.2) is 23.8 Å². The molecule has 2 nitrogen and oxygen atoms in total. The topological polar surface area (TPSA) is 32.3 Å². The van der Waals surface area contributed by atoms with E-state index in [9.17, 15) is 5.11 Å². The monoisotopic (exact) mass is 265 g/mol. The van der Waals surface area contributed by atoms with E-state index in [1.54, 1.807) is 0 Å². The summed E-state index contributed by atoms with van der Waals surface area (Å²) in [4.78, 5) is 0. The van der Waals surface area contributed by atoms with E-state index in [0.717, 1.165) is 49.6 Å². The Morgan fingerprint density at radius 1 is 1.11 bits per heavy atom. The van der Waals surface area contributed by atoms with Crippen molar-refractivity contribution in [3.8, 4) is 0 Å². The fourth-order valence-electron chi connectivity index (χ4n) is 4.92. The Morgan fingerprint density at radius 3 is 2.47 bits per heavy atom. The molecule has 2 heteroatoms. The second-order valence-electron chi connectivity index (χ2n) is 7.64. The van der Waals surface area contributed by atoms with E-state index in [2.05, 4.69) is 12.2 Å². The molecule has 0 aromatic rings.